The van der Waals surface area contributed by atoms with Gasteiger partial charge in [0.1, 0.15) is 12.6 Å². The van der Waals surface area contributed by atoms with Gasteiger partial charge in [-0.3, -0.25) is 0 Å². The van der Waals surface area contributed by atoms with Crippen LogP contribution in [-0.4, -0.2) is 12.5 Å². The van der Waals surface area contributed by atoms with E-state index in [-0.39, 0.29) is 11.5 Å². The predicted octanol–water partition coefficient (Wildman–Crippen LogP) is 5.89. The minimum Gasteiger partial charge on any atom is -0.478 e. The molecule has 1 aliphatic heterocycles. The van der Waals surface area contributed by atoms with Gasteiger partial charge < -0.3 is 4.74 Å². The summed E-state index contributed by atoms with van der Waals surface area (Å²) in [6.07, 6.45) is 0. The summed E-state index contributed by atoms with van der Waals surface area (Å²) in [5, 5.41) is 4.04. The molecule has 1 atom stereocenters. The zero-order valence-corrected chi connectivity index (χ0v) is 20.0. The molecular formula is C30H28NOP. The second kappa shape index (κ2) is 9.33. The number of rotatable bonds is 6. The fraction of sp³-hybridized carbons (Fsp3) is 0.167. The Kier molecular flexibility index (Phi) is 6.11. The van der Waals surface area contributed by atoms with Crippen molar-refractivity contribution >= 4 is 29.7 Å². The number of nitrogens with zero attached hydrogens (tertiary/aromatic N) is 1. The van der Waals surface area contributed by atoms with Gasteiger partial charge in [0.25, 0.3) is 0 Å². The molecule has 4 aromatic rings. The van der Waals surface area contributed by atoms with E-state index in [0.717, 1.165) is 5.90 Å². The molecule has 3 heteroatoms. The van der Waals surface area contributed by atoms with Gasteiger partial charge in [0, 0.05) is 0 Å². The molecule has 0 fully saturated rings. The lowest BCUT2D eigenvalue weighted by molar-refractivity contribution is 0.296. The zero-order chi connectivity index (χ0) is 22.7. The standard InChI is InChI=1S/C30H28NOP/c1-30(2,29-31-27(22-32-29)23-14-6-3-7-15-23)26-20-12-13-21-28(26)33(24-16-8-4-9-17-24)25-18-10-5-11-19-25/h3-21,27H,22H2,1-2H3/t27-/m0/s1. The molecule has 164 valence electrons. The Labute approximate surface area is 197 Å². The zero-order valence-electron chi connectivity index (χ0n) is 19.1. The van der Waals surface area contributed by atoms with Gasteiger partial charge in [-0.1, -0.05) is 115 Å². The average molecular weight is 450 g/mol. The van der Waals surface area contributed by atoms with Crippen LogP contribution < -0.4 is 15.9 Å². The highest BCUT2D eigenvalue weighted by Crippen LogP contribution is 2.39. The molecule has 0 spiro atoms. The lowest BCUT2D eigenvalue weighted by atomic mass is 9.84. The summed E-state index contributed by atoms with van der Waals surface area (Å²) < 4.78 is 6.24. The van der Waals surface area contributed by atoms with Crippen LogP contribution >= 0.6 is 7.92 Å². The van der Waals surface area contributed by atoms with Crippen LogP contribution in [0.1, 0.15) is 31.0 Å². The van der Waals surface area contributed by atoms with Gasteiger partial charge in [-0.2, -0.15) is 0 Å². The van der Waals surface area contributed by atoms with E-state index in [1.54, 1.807) is 0 Å². The molecule has 4 aromatic carbocycles. The molecule has 1 aliphatic rings. The summed E-state index contributed by atoms with van der Waals surface area (Å²) in [4.78, 5) is 5.05. The van der Waals surface area contributed by atoms with E-state index in [2.05, 4.69) is 123 Å². The number of ether oxygens (including phenoxy) is 1. The summed E-state index contributed by atoms with van der Waals surface area (Å²) in [5.74, 6) is 0.819. The summed E-state index contributed by atoms with van der Waals surface area (Å²) in [7, 11) is -0.711. The van der Waals surface area contributed by atoms with Crippen LogP contribution in [-0.2, 0) is 10.2 Å². The van der Waals surface area contributed by atoms with Crippen LogP contribution in [0, 0.1) is 0 Å². The van der Waals surface area contributed by atoms with Crippen LogP contribution in [0.4, 0.5) is 0 Å². The van der Waals surface area contributed by atoms with Gasteiger partial charge in [-0.25, -0.2) is 4.99 Å². The third-order valence-electron chi connectivity index (χ3n) is 6.22. The van der Waals surface area contributed by atoms with Gasteiger partial charge >= 0.3 is 0 Å². The van der Waals surface area contributed by atoms with Crippen molar-refractivity contribution in [3.8, 4) is 0 Å². The van der Waals surface area contributed by atoms with Crippen molar-refractivity contribution in [2.45, 2.75) is 25.3 Å². The van der Waals surface area contributed by atoms with Crippen LogP contribution in [0.5, 0.6) is 0 Å². The first-order valence-corrected chi connectivity index (χ1v) is 12.7. The molecule has 5 rings (SSSR count). The molecular weight excluding hydrogens is 421 g/mol. The van der Waals surface area contributed by atoms with E-state index >= 15 is 0 Å². The molecule has 0 N–H and O–H groups in total. The molecule has 33 heavy (non-hydrogen) atoms. The molecule has 0 aromatic heterocycles. The Morgan fingerprint density at radius 2 is 1.21 bits per heavy atom. The highest BCUT2D eigenvalue weighted by molar-refractivity contribution is 7.79. The van der Waals surface area contributed by atoms with Gasteiger partial charge in [0.05, 0.1) is 5.41 Å². The first-order valence-electron chi connectivity index (χ1n) is 11.4. The van der Waals surface area contributed by atoms with Crippen LogP contribution in [0.15, 0.2) is 120 Å². The Morgan fingerprint density at radius 3 is 1.82 bits per heavy atom. The lowest BCUT2D eigenvalue weighted by Gasteiger charge is -2.30. The Balaban J connectivity index is 1.59. The molecule has 0 aliphatic carbocycles. The van der Waals surface area contributed by atoms with Crippen molar-refractivity contribution in [1.82, 2.24) is 0 Å². The second-order valence-corrected chi connectivity index (χ2v) is 11.0. The minimum atomic E-state index is -0.711. The molecule has 0 amide bonds. The average Bonchev–Trinajstić information content (AvgIpc) is 3.38. The van der Waals surface area contributed by atoms with E-state index in [1.165, 1.54) is 27.0 Å². The largest absolute Gasteiger partial charge is 0.478 e. The maximum absolute atomic E-state index is 6.24. The smallest absolute Gasteiger partial charge is 0.194 e. The van der Waals surface area contributed by atoms with Crippen molar-refractivity contribution in [2.24, 2.45) is 4.99 Å². The van der Waals surface area contributed by atoms with E-state index in [1.807, 2.05) is 6.07 Å². The fourth-order valence-corrected chi connectivity index (χ4v) is 7.08. The number of benzene rings is 4. The summed E-state index contributed by atoms with van der Waals surface area (Å²) in [6, 6.07) is 41.0. The Hall–Kier alpha value is -3.22. The first kappa shape index (κ1) is 21.6. The minimum absolute atomic E-state index is 0.0531. The lowest BCUT2D eigenvalue weighted by Crippen LogP contribution is -2.36. The molecule has 0 saturated carbocycles. The Bertz CT molecular complexity index is 1200. The quantitative estimate of drug-likeness (QED) is 0.336. The third kappa shape index (κ3) is 4.36. The summed E-state index contributed by atoms with van der Waals surface area (Å²) in [5.41, 5.74) is 2.13. The number of hydrogen-bond acceptors (Lipinski definition) is 2. The predicted molar refractivity (Wildman–Crippen MR) is 141 cm³/mol. The van der Waals surface area contributed by atoms with Gasteiger partial charge in [0.2, 0.25) is 0 Å². The molecule has 2 nitrogen and oxygen atoms in total. The first-order chi connectivity index (χ1) is 16.1. The monoisotopic (exact) mass is 449 g/mol. The molecule has 0 radical (unpaired) electrons. The SMILES string of the molecule is CC(C)(C1=N[C@H](c2ccccc2)CO1)c1ccccc1P(c1ccccc1)c1ccccc1. The normalized spacial score (nSPS) is 15.8. The Morgan fingerprint density at radius 1 is 0.697 bits per heavy atom. The third-order valence-corrected chi connectivity index (χ3v) is 8.72. The summed E-state index contributed by atoms with van der Waals surface area (Å²) in [6.45, 7) is 5.07. The van der Waals surface area contributed by atoms with Crippen molar-refractivity contribution in [1.29, 1.82) is 0 Å². The van der Waals surface area contributed by atoms with E-state index in [9.17, 15) is 0 Å². The van der Waals surface area contributed by atoms with Crippen molar-refractivity contribution in [2.75, 3.05) is 6.61 Å². The topological polar surface area (TPSA) is 21.6 Å². The number of hydrogen-bond donors (Lipinski definition) is 0. The maximum Gasteiger partial charge on any atom is 0.194 e. The maximum atomic E-state index is 6.24. The van der Waals surface area contributed by atoms with Crippen molar-refractivity contribution < 1.29 is 4.74 Å². The molecule has 0 unspecified atom stereocenters. The van der Waals surface area contributed by atoms with Gasteiger partial charge in [-0.05, 0) is 48.8 Å². The van der Waals surface area contributed by atoms with Crippen LogP contribution in [0.2, 0.25) is 0 Å². The second-order valence-electron chi connectivity index (χ2n) is 8.82. The van der Waals surface area contributed by atoms with E-state index in [0.29, 0.717) is 6.61 Å². The van der Waals surface area contributed by atoms with Crippen molar-refractivity contribution in [3.05, 3.63) is 126 Å². The van der Waals surface area contributed by atoms with Crippen LogP contribution in [0.25, 0.3) is 0 Å². The molecule has 0 saturated heterocycles. The van der Waals surface area contributed by atoms with Gasteiger partial charge in [0.15, 0.2) is 5.90 Å². The van der Waals surface area contributed by atoms with Crippen LogP contribution in [0.3, 0.4) is 0 Å². The fourth-order valence-electron chi connectivity index (χ4n) is 4.46. The number of aliphatic imine (C=N–C) groups is 1. The van der Waals surface area contributed by atoms with E-state index < -0.39 is 7.92 Å². The summed E-state index contributed by atoms with van der Waals surface area (Å²) >= 11 is 0. The van der Waals surface area contributed by atoms with E-state index in [4.69, 9.17) is 9.73 Å². The highest BCUT2D eigenvalue weighted by Gasteiger charge is 2.37. The van der Waals surface area contributed by atoms with Crippen molar-refractivity contribution in [3.63, 3.8) is 0 Å². The highest BCUT2D eigenvalue weighted by atomic mass is 31.1. The molecule has 0 bridgehead atoms. The van der Waals surface area contributed by atoms with Gasteiger partial charge in [-0.15, -0.1) is 0 Å². The molecule has 1 heterocycles.